The van der Waals surface area contributed by atoms with Gasteiger partial charge in [0.25, 0.3) is 5.24 Å². The Morgan fingerprint density at radius 1 is 1.75 bits per heavy atom. The summed E-state index contributed by atoms with van der Waals surface area (Å²) in [5.74, 6) is 0. The van der Waals surface area contributed by atoms with Crippen molar-refractivity contribution in [1.82, 2.24) is 0 Å². The van der Waals surface area contributed by atoms with Crippen LogP contribution in [0, 0.1) is 0 Å². The van der Waals surface area contributed by atoms with Gasteiger partial charge in [-0.1, -0.05) is 0 Å². The van der Waals surface area contributed by atoms with Crippen LogP contribution in [0.3, 0.4) is 0 Å². The molecule has 0 amide bonds. The Labute approximate surface area is 53.1 Å². The molecule has 0 bridgehead atoms. The highest BCUT2D eigenvalue weighted by Gasteiger charge is 1.95. The molecule has 46 valence electrons. The summed E-state index contributed by atoms with van der Waals surface area (Å²) in [6.45, 7) is 1.58. The van der Waals surface area contributed by atoms with Gasteiger partial charge in [0.05, 0.1) is 13.4 Å². The maximum absolute atomic E-state index is 10.2. The van der Waals surface area contributed by atoms with Crippen LogP contribution in [0.4, 0.5) is 0 Å². The van der Waals surface area contributed by atoms with E-state index in [-0.39, 0.29) is 0 Å². The number of methoxy groups -OCH3 is 1. The Bertz CT molecular complexity index is 118. The van der Waals surface area contributed by atoms with E-state index in [4.69, 9.17) is 11.6 Å². The Morgan fingerprint density at radius 3 is 2.38 bits per heavy atom. The first-order valence-electron chi connectivity index (χ1n) is 2.08. The number of hydrogen-bond acceptors (Lipinski definition) is 2. The highest BCUT2D eigenvalue weighted by Crippen LogP contribution is 1.96. The number of rotatable bonds is 2. The van der Waals surface area contributed by atoms with Gasteiger partial charge in [-0.25, -0.2) is 0 Å². The van der Waals surface area contributed by atoms with E-state index in [0.717, 1.165) is 0 Å². The van der Waals surface area contributed by atoms with E-state index >= 15 is 0 Å². The van der Waals surface area contributed by atoms with Crippen molar-refractivity contribution >= 4 is 16.8 Å². The molecule has 3 heteroatoms. The molecular formula is C5H7ClO2. The summed E-state index contributed by atoms with van der Waals surface area (Å²) in [4.78, 5) is 10.2. The predicted molar refractivity (Wildman–Crippen MR) is 31.6 cm³/mol. The summed E-state index contributed by atoms with van der Waals surface area (Å²) in [5, 5.41) is -0.480. The molecule has 0 heterocycles. The largest absolute Gasteiger partial charge is 0.504 e. The molecule has 0 aliphatic carbocycles. The Morgan fingerprint density at radius 2 is 2.25 bits per heavy atom. The van der Waals surface area contributed by atoms with Crippen LogP contribution in [-0.4, -0.2) is 12.4 Å². The lowest BCUT2D eigenvalue weighted by Gasteiger charge is -1.88. The number of carbonyl (C=O) groups is 1. The van der Waals surface area contributed by atoms with Crippen molar-refractivity contribution in [3.8, 4) is 0 Å². The predicted octanol–water partition coefficient (Wildman–Crippen LogP) is 1.30. The molecule has 0 saturated carbocycles. The molecule has 0 aromatic heterocycles. The zero-order chi connectivity index (χ0) is 6.57. The van der Waals surface area contributed by atoms with Gasteiger partial charge in [0, 0.05) is 5.57 Å². The third-order valence-electron chi connectivity index (χ3n) is 0.605. The van der Waals surface area contributed by atoms with Gasteiger partial charge >= 0.3 is 0 Å². The number of carbonyl (C=O) groups excluding carboxylic acids is 1. The van der Waals surface area contributed by atoms with Crippen molar-refractivity contribution in [1.29, 1.82) is 0 Å². The van der Waals surface area contributed by atoms with Gasteiger partial charge < -0.3 is 4.74 Å². The van der Waals surface area contributed by atoms with Crippen molar-refractivity contribution in [2.75, 3.05) is 7.11 Å². The van der Waals surface area contributed by atoms with Crippen molar-refractivity contribution < 1.29 is 9.53 Å². The van der Waals surface area contributed by atoms with Crippen LogP contribution < -0.4 is 0 Å². The van der Waals surface area contributed by atoms with Gasteiger partial charge in [0.15, 0.2) is 0 Å². The molecular weight excluding hydrogens is 128 g/mol. The first kappa shape index (κ1) is 7.50. The molecule has 0 N–H and O–H groups in total. The summed E-state index contributed by atoms with van der Waals surface area (Å²) < 4.78 is 4.50. The first-order chi connectivity index (χ1) is 3.68. The van der Waals surface area contributed by atoms with E-state index in [9.17, 15) is 4.79 Å². The quantitative estimate of drug-likeness (QED) is 0.323. The van der Waals surface area contributed by atoms with Crippen LogP contribution in [0.2, 0.25) is 0 Å². The normalized spacial score (nSPS) is 11.1. The molecule has 0 spiro atoms. The van der Waals surface area contributed by atoms with Gasteiger partial charge in [0.1, 0.15) is 0 Å². The van der Waals surface area contributed by atoms with Gasteiger partial charge in [-0.2, -0.15) is 0 Å². The summed E-state index contributed by atoms with van der Waals surface area (Å²) >= 11 is 5.02. The van der Waals surface area contributed by atoms with Crippen LogP contribution in [0.1, 0.15) is 6.92 Å². The van der Waals surface area contributed by atoms with E-state index in [1.165, 1.54) is 13.4 Å². The highest BCUT2D eigenvalue weighted by atomic mass is 35.5. The standard InChI is InChI=1S/C5H7ClO2/c1-4(3-8-2)5(6)7/h3H,1-2H3. The number of halogens is 1. The van der Waals surface area contributed by atoms with Crippen molar-refractivity contribution in [2.24, 2.45) is 0 Å². The minimum atomic E-state index is -0.480. The molecule has 0 saturated heterocycles. The second-order valence-electron chi connectivity index (χ2n) is 1.31. The minimum absolute atomic E-state index is 0.411. The van der Waals surface area contributed by atoms with Gasteiger partial charge in [-0.05, 0) is 18.5 Å². The fraction of sp³-hybridized carbons (Fsp3) is 0.400. The Kier molecular flexibility index (Phi) is 3.28. The van der Waals surface area contributed by atoms with Crippen molar-refractivity contribution in [3.63, 3.8) is 0 Å². The second kappa shape index (κ2) is 3.50. The summed E-state index contributed by atoms with van der Waals surface area (Å²) in [5.41, 5.74) is 0.411. The zero-order valence-electron chi connectivity index (χ0n) is 4.77. The van der Waals surface area contributed by atoms with Gasteiger partial charge in [-0.3, -0.25) is 4.79 Å². The van der Waals surface area contributed by atoms with Crippen LogP contribution >= 0.6 is 11.6 Å². The average molecular weight is 135 g/mol. The molecule has 0 fully saturated rings. The molecule has 0 radical (unpaired) electrons. The summed E-state index contributed by atoms with van der Waals surface area (Å²) in [6, 6.07) is 0. The fourth-order valence-corrected chi connectivity index (χ4v) is 0.268. The van der Waals surface area contributed by atoms with Crippen molar-refractivity contribution in [2.45, 2.75) is 6.92 Å². The maximum atomic E-state index is 10.2. The van der Waals surface area contributed by atoms with Crippen LogP contribution in [0.25, 0.3) is 0 Å². The molecule has 0 rings (SSSR count). The lowest BCUT2D eigenvalue weighted by molar-refractivity contribution is -0.108. The fourth-order valence-electron chi connectivity index (χ4n) is 0.223. The van der Waals surface area contributed by atoms with Crippen LogP contribution in [0.5, 0.6) is 0 Å². The molecule has 0 aromatic carbocycles. The SMILES string of the molecule is COC=C(C)C(=O)Cl. The van der Waals surface area contributed by atoms with E-state index in [0.29, 0.717) is 5.57 Å². The van der Waals surface area contributed by atoms with E-state index in [2.05, 4.69) is 4.74 Å². The van der Waals surface area contributed by atoms with Crippen molar-refractivity contribution in [3.05, 3.63) is 11.8 Å². The average Bonchev–Trinajstić information content (AvgIpc) is 1.67. The molecule has 0 aromatic rings. The first-order valence-corrected chi connectivity index (χ1v) is 2.45. The highest BCUT2D eigenvalue weighted by molar-refractivity contribution is 6.67. The molecule has 0 unspecified atom stereocenters. The number of hydrogen-bond donors (Lipinski definition) is 0. The molecule has 2 nitrogen and oxygen atoms in total. The van der Waals surface area contributed by atoms with Crippen LogP contribution in [-0.2, 0) is 9.53 Å². The number of allylic oxidation sites excluding steroid dienone is 1. The summed E-state index contributed by atoms with van der Waals surface area (Å²) in [7, 11) is 1.46. The third kappa shape index (κ3) is 2.64. The lowest BCUT2D eigenvalue weighted by Crippen LogP contribution is -1.87. The zero-order valence-corrected chi connectivity index (χ0v) is 5.53. The topological polar surface area (TPSA) is 26.3 Å². The third-order valence-corrected chi connectivity index (χ3v) is 0.903. The van der Waals surface area contributed by atoms with Gasteiger partial charge in [0.2, 0.25) is 0 Å². The second-order valence-corrected chi connectivity index (χ2v) is 1.65. The maximum Gasteiger partial charge on any atom is 0.251 e. The lowest BCUT2D eigenvalue weighted by atomic mass is 10.4. The summed E-state index contributed by atoms with van der Waals surface area (Å²) in [6.07, 6.45) is 1.30. The monoisotopic (exact) mass is 134 g/mol. The molecule has 0 atom stereocenters. The van der Waals surface area contributed by atoms with E-state index in [1.807, 2.05) is 0 Å². The van der Waals surface area contributed by atoms with Gasteiger partial charge in [-0.15, -0.1) is 0 Å². The molecule has 8 heavy (non-hydrogen) atoms. The van der Waals surface area contributed by atoms with E-state index in [1.54, 1.807) is 6.92 Å². The van der Waals surface area contributed by atoms with Crippen LogP contribution in [0.15, 0.2) is 11.8 Å². The Balaban J connectivity index is 3.80. The molecule has 0 aliphatic rings. The Hall–Kier alpha value is -0.500. The smallest absolute Gasteiger partial charge is 0.251 e. The number of ether oxygens (including phenoxy) is 1. The molecule has 0 aliphatic heterocycles. The minimum Gasteiger partial charge on any atom is -0.504 e. The van der Waals surface area contributed by atoms with E-state index < -0.39 is 5.24 Å².